The molecule has 0 bridgehead atoms. The van der Waals surface area contributed by atoms with Gasteiger partial charge < -0.3 is 14.6 Å². The van der Waals surface area contributed by atoms with Gasteiger partial charge in [-0.15, -0.1) is 0 Å². The van der Waals surface area contributed by atoms with Crippen molar-refractivity contribution in [1.29, 1.82) is 0 Å². The molecule has 0 radical (unpaired) electrons. The lowest BCUT2D eigenvalue weighted by Crippen LogP contribution is -2.06. The Hall–Kier alpha value is -2.06. The molecule has 1 heterocycles. The van der Waals surface area contributed by atoms with Gasteiger partial charge in [0.05, 0.1) is 12.1 Å². The third-order valence-corrected chi connectivity index (χ3v) is 4.48. The predicted molar refractivity (Wildman–Crippen MR) is 99.0 cm³/mol. The third-order valence-electron chi connectivity index (χ3n) is 3.35. The van der Waals surface area contributed by atoms with Crippen LogP contribution in [-0.4, -0.2) is 23.2 Å². The van der Waals surface area contributed by atoms with Gasteiger partial charge in [0, 0.05) is 10.8 Å². The van der Waals surface area contributed by atoms with Crippen molar-refractivity contribution in [1.82, 2.24) is 4.98 Å². The SMILES string of the molecule is COC(=O)c1nc(I)c2cc(Oc3ccccc3Cl)ccc2c1O. The highest BCUT2D eigenvalue weighted by molar-refractivity contribution is 14.1. The molecule has 3 aromatic rings. The standard InChI is InChI=1S/C17H11ClINO4/c1-23-17(22)14-15(21)10-7-6-9(8-11(10)16(19)20-14)24-13-5-3-2-4-12(13)18/h2-8,21H,1H3. The molecule has 0 aliphatic rings. The Morgan fingerprint density at radius 1 is 1.21 bits per heavy atom. The fraction of sp³-hybridized carbons (Fsp3) is 0.0588. The molecule has 1 N–H and O–H groups in total. The Morgan fingerprint density at radius 2 is 1.96 bits per heavy atom. The van der Waals surface area contributed by atoms with Crippen molar-refractivity contribution >= 4 is 50.9 Å². The minimum atomic E-state index is -0.691. The van der Waals surface area contributed by atoms with Crippen molar-refractivity contribution in [2.75, 3.05) is 7.11 Å². The van der Waals surface area contributed by atoms with E-state index in [0.29, 0.717) is 31.0 Å². The molecule has 0 aliphatic heterocycles. The zero-order chi connectivity index (χ0) is 17.3. The van der Waals surface area contributed by atoms with Gasteiger partial charge in [-0.25, -0.2) is 9.78 Å². The zero-order valence-electron chi connectivity index (χ0n) is 12.4. The van der Waals surface area contributed by atoms with E-state index in [1.807, 2.05) is 34.7 Å². The number of esters is 1. The van der Waals surface area contributed by atoms with E-state index in [2.05, 4.69) is 9.72 Å². The molecule has 0 fully saturated rings. The van der Waals surface area contributed by atoms with Gasteiger partial charge in [0.2, 0.25) is 0 Å². The molecule has 0 atom stereocenters. The van der Waals surface area contributed by atoms with E-state index in [0.717, 1.165) is 0 Å². The largest absolute Gasteiger partial charge is 0.505 e. The number of carbonyl (C=O) groups is 1. The van der Waals surface area contributed by atoms with Gasteiger partial charge in [0.25, 0.3) is 0 Å². The molecule has 1 aromatic heterocycles. The number of nitrogens with zero attached hydrogens (tertiary/aromatic N) is 1. The highest BCUT2D eigenvalue weighted by Gasteiger charge is 2.19. The number of fused-ring (bicyclic) bond motifs is 1. The van der Waals surface area contributed by atoms with Gasteiger partial charge in [-0.1, -0.05) is 23.7 Å². The fourth-order valence-corrected chi connectivity index (χ4v) is 3.06. The van der Waals surface area contributed by atoms with E-state index in [-0.39, 0.29) is 11.4 Å². The quantitative estimate of drug-likeness (QED) is 0.350. The number of halogens is 2. The van der Waals surface area contributed by atoms with Crippen molar-refractivity contribution in [3.63, 3.8) is 0 Å². The van der Waals surface area contributed by atoms with Crippen LogP contribution in [0.25, 0.3) is 10.8 Å². The molecular formula is C17H11ClINO4. The number of para-hydroxylation sites is 1. The maximum atomic E-state index is 11.7. The molecule has 0 spiro atoms. The van der Waals surface area contributed by atoms with Crippen molar-refractivity contribution in [3.05, 3.63) is 56.9 Å². The van der Waals surface area contributed by atoms with Gasteiger partial charge in [-0.2, -0.15) is 0 Å². The third kappa shape index (κ3) is 3.11. The molecule has 0 amide bonds. The highest BCUT2D eigenvalue weighted by Crippen LogP contribution is 2.35. The van der Waals surface area contributed by atoms with Gasteiger partial charge >= 0.3 is 5.97 Å². The number of aromatic hydroxyl groups is 1. The molecule has 5 nitrogen and oxygen atoms in total. The molecular weight excluding hydrogens is 445 g/mol. The van der Waals surface area contributed by atoms with Crippen LogP contribution in [0.3, 0.4) is 0 Å². The summed E-state index contributed by atoms with van der Waals surface area (Å²) in [6, 6.07) is 12.2. The summed E-state index contributed by atoms with van der Waals surface area (Å²) in [7, 11) is 1.24. The smallest absolute Gasteiger partial charge is 0.360 e. The molecule has 0 saturated carbocycles. The van der Waals surface area contributed by atoms with Crippen LogP contribution < -0.4 is 4.74 Å². The lowest BCUT2D eigenvalue weighted by atomic mass is 10.1. The summed E-state index contributed by atoms with van der Waals surface area (Å²) in [6.45, 7) is 0. The predicted octanol–water partition coefficient (Wildman–Crippen LogP) is 4.78. The van der Waals surface area contributed by atoms with Crippen LogP contribution in [0.4, 0.5) is 0 Å². The van der Waals surface area contributed by atoms with Crippen molar-refractivity contribution in [2.24, 2.45) is 0 Å². The van der Waals surface area contributed by atoms with Gasteiger partial charge in [0.15, 0.2) is 11.4 Å². The first-order chi connectivity index (χ1) is 11.5. The molecule has 7 heteroatoms. The average Bonchev–Trinajstić information content (AvgIpc) is 2.59. The van der Waals surface area contributed by atoms with Gasteiger partial charge in [-0.3, -0.25) is 0 Å². The summed E-state index contributed by atoms with van der Waals surface area (Å²) in [6.07, 6.45) is 0. The fourth-order valence-electron chi connectivity index (χ4n) is 2.20. The summed E-state index contributed by atoms with van der Waals surface area (Å²) in [4.78, 5) is 15.8. The first-order valence-corrected chi connectivity index (χ1v) is 8.30. The molecule has 2 aromatic carbocycles. The average molecular weight is 456 g/mol. The number of hydrogen-bond acceptors (Lipinski definition) is 5. The van der Waals surface area contributed by atoms with E-state index < -0.39 is 5.97 Å². The number of carbonyl (C=O) groups excluding carboxylic acids is 1. The lowest BCUT2D eigenvalue weighted by Gasteiger charge is -2.11. The second-order valence-electron chi connectivity index (χ2n) is 4.83. The maximum Gasteiger partial charge on any atom is 0.360 e. The van der Waals surface area contributed by atoms with Crippen LogP contribution in [0.1, 0.15) is 10.5 Å². The van der Waals surface area contributed by atoms with Crippen LogP contribution in [0.2, 0.25) is 5.02 Å². The second-order valence-corrected chi connectivity index (χ2v) is 6.26. The number of methoxy groups -OCH3 is 1. The molecule has 3 rings (SSSR count). The Labute approximate surface area is 156 Å². The van der Waals surface area contributed by atoms with Crippen molar-refractivity contribution in [3.8, 4) is 17.2 Å². The van der Waals surface area contributed by atoms with Gasteiger partial charge in [0.1, 0.15) is 15.2 Å². The Balaban J connectivity index is 2.08. The second kappa shape index (κ2) is 6.82. The Morgan fingerprint density at radius 3 is 2.67 bits per heavy atom. The Kier molecular flexibility index (Phi) is 4.77. The summed E-state index contributed by atoms with van der Waals surface area (Å²) in [5.41, 5.74) is -0.117. The molecule has 0 aliphatic carbocycles. The molecule has 0 unspecified atom stereocenters. The number of aromatic nitrogens is 1. The Bertz CT molecular complexity index is 945. The van der Waals surface area contributed by atoms with E-state index in [4.69, 9.17) is 16.3 Å². The lowest BCUT2D eigenvalue weighted by molar-refractivity contribution is 0.0590. The van der Waals surface area contributed by atoms with Crippen molar-refractivity contribution in [2.45, 2.75) is 0 Å². The first-order valence-electron chi connectivity index (χ1n) is 6.84. The number of ether oxygens (including phenoxy) is 2. The number of rotatable bonds is 3. The molecule has 24 heavy (non-hydrogen) atoms. The molecule has 122 valence electrons. The summed E-state index contributed by atoms with van der Waals surface area (Å²) in [5, 5.41) is 11.9. The van der Waals surface area contributed by atoms with Crippen LogP contribution in [0.5, 0.6) is 17.2 Å². The number of benzene rings is 2. The summed E-state index contributed by atoms with van der Waals surface area (Å²) < 4.78 is 11.0. The first kappa shape index (κ1) is 16.8. The summed E-state index contributed by atoms with van der Waals surface area (Å²) in [5.74, 6) is 0.155. The van der Waals surface area contributed by atoms with Crippen LogP contribution in [-0.2, 0) is 4.74 Å². The minimum absolute atomic E-state index is 0.117. The van der Waals surface area contributed by atoms with Crippen molar-refractivity contribution < 1.29 is 19.4 Å². The van der Waals surface area contributed by atoms with E-state index in [1.54, 1.807) is 30.3 Å². The highest BCUT2D eigenvalue weighted by atomic mass is 127. The van der Waals surface area contributed by atoms with Crippen LogP contribution in [0.15, 0.2) is 42.5 Å². The van der Waals surface area contributed by atoms with Gasteiger partial charge in [-0.05, 0) is 52.9 Å². The normalized spacial score (nSPS) is 10.6. The topological polar surface area (TPSA) is 68.7 Å². The minimum Gasteiger partial charge on any atom is -0.505 e. The maximum absolute atomic E-state index is 11.7. The monoisotopic (exact) mass is 455 g/mol. The number of hydrogen-bond donors (Lipinski definition) is 1. The van der Waals surface area contributed by atoms with E-state index in [9.17, 15) is 9.90 Å². The number of pyridine rings is 1. The van der Waals surface area contributed by atoms with E-state index in [1.165, 1.54) is 7.11 Å². The summed E-state index contributed by atoms with van der Waals surface area (Å²) >= 11 is 8.08. The van der Waals surface area contributed by atoms with E-state index >= 15 is 0 Å². The molecule has 0 saturated heterocycles. The van der Waals surface area contributed by atoms with Crippen LogP contribution in [0, 0.1) is 3.70 Å². The van der Waals surface area contributed by atoms with Crippen LogP contribution >= 0.6 is 34.2 Å². The zero-order valence-corrected chi connectivity index (χ0v) is 15.3.